The number of fused-ring (bicyclic) bond motifs is 1. The minimum absolute atomic E-state index is 0. The Bertz CT molecular complexity index is 1250. The van der Waals surface area contributed by atoms with E-state index >= 15 is 0 Å². The van der Waals surface area contributed by atoms with Crippen LogP contribution < -0.4 is 15.6 Å². The van der Waals surface area contributed by atoms with E-state index in [9.17, 15) is 19.1 Å². The van der Waals surface area contributed by atoms with Gasteiger partial charge in [-0.25, -0.2) is 9.37 Å². The average Bonchev–Trinajstić information content (AvgIpc) is 2.84. The first kappa shape index (κ1) is 26.6. The van der Waals surface area contributed by atoms with Gasteiger partial charge in [0.2, 0.25) is 0 Å². The van der Waals surface area contributed by atoms with Crippen molar-refractivity contribution in [1.82, 2.24) is 19.8 Å². The second kappa shape index (κ2) is 11.6. The lowest BCUT2D eigenvalue weighted by molar-refractivity contribution is -0.145. The number of benzene rings is 2. The van der Waals surface area contributed by atoms with Crippen LogP contribution in [-0.4, -0.2) is 57.8 Å². The predicted octanol–water partition coefficient (Wildman–Crippen LogP) is 2.98. The molecule has 10 heteroatoms. The Labute approximate surface area is 209 Å². The maximum absolute atomic E-state index is 13.8. The molecule has 0 saturated carbocycles. The highest BCUT2D eigenvalue weighted by atomic mass is 35.5. The predicted molar refractivity (Wildman–Crippen MR) is 134 cm³/mol. The number of carboxylic acids is 1. The molecule has 35 heavy (non-hydrogen) atoms. The van der Waals surface area contributed by atoms with Gasteiger partial charge in [0.25, 0.3) is 5.56 Å². The summed E-state index contributed by atoms with van der Waals surface area (Å²) in [5.74, 6) is -0.507. The third-order valence-corrected chi connectivity index (χ3v) is 6.49. The summed E-state index contributed by atoms with van der Waals surface area (Å²) in [6.45, 7) is 3.55. The van der Waals surface area contributed by atoms with Crippen molar-refractivity contribution in [3.8, 4) is 5.75 Å². The second-order valence-corrected chi connectivity index (χ2v) is 8.68. The fraction of sp³-hybridized carbons (Fsp3) is 0.400. The highest BCUT2D eigenvalue weighted by molar-refractivity contribution is 5.85. The number of aryl methyl sites for hydroxylation is 1. The summed E-state index contributed by atoms with van der Waals surface area (Å²) >= 11 is 0. The van der Waals surface area contributed by atoms with Crippen LogP contribution in [0.4, 0.5) is 4.39 Å². The number of hydrogen-bond donors (Lipinski definition) is 2. The standard InChI is InChI=1S/C25H29FN4O4.ClH/c1-16-3-4-17(11-20(16)26)14-27-18-7-8-29(23(12-18)25(32)33)9-10-30-22-13-19(34-2)5-6-21(22)28-15-24(30)31;/h3-6,11,13,15,18,23,27H,7-10,12,14H2,1-2H3,(H,32,33);1H. The quantitative estimate of drug-likeness (QED) is 0.487. The summed E-state index contributed by atoms with van der Waals surface area (Å²) in [5.41, 5.74) is 2.51. The van der Waals surface area contributed by atoms with Gasteiger partial charge in [0, 0.05) is 38.3 Å². The smallest absolute Gasteiger partial charge is 0.320 e. The first-order valence-corrected chi connectivity index (χ1v) is 11.3. The van der Waals surface area contributed by atoms with Crippen molar-refractivity contribution in [2.24, 2.45) is 0 Å². The Morgan fingerprint density at radius 2 is 2.06 bits per heavy atom. The summed E-state index contributed by atoms with van der Waals surface area (Å²) in [6, 6.07) is 9.82. The summed E-state index contributed by atoms with van der Waals surface area (Å²) in [4.78, 5) is 30.7. The first-order valence-electron chi connectivity index (χ1n) is 11.3. The number of methoxy groups -OCH3 is 1. The van der Waals surface area contributed by atoms with Gasteiger partial charge in [-0.05, 0) is 49.1 Å². The molecule has 1 aliphatic rings. The molecule has 0 bridgehead atoms. The SMILES string of the molecule is COc1ccc2ncc(=O)n(CCN3CCC(NCc4ccc(C)c(F)c4)CC3C(=O)O)c2c1.Cl. The molecular weight excluding hydrogens is 475 g/mol. The average molecular weight is 505 g/mol. The van der Waals surface area contributed by atoms with Crippen LogP contribution in [0.5, 0.6) is 5.75 Å². The number of nitrogens with zero attached hydrogens (tertiary/aromatic N) is 3. The molecule has 3 aromatic rings. The number of aromatic nitrogens is 2. The molecule has 2 N–H and O–H groups in total. The molecule has 4 rings (SSSR count). The van der Waals surface area contributed by atoms with E-state index in [1.165, 1.54) is 12.3 Å². The third-order valence-electron chi connectivity index (χ3n) is 6.49. The molecule has 8 nitrogen and oxygen atoms in total. The molecule has 2 atom stereocenters. The van der Waals surface area contributed by atoms with E-state index in [1.807, 2.05) is 11.0 Å². The maximum Gasteiger partial charge on any atom is 0.320 e. The lowest BCUT2D eigenvalue weighted by atomic mass is 9.96. The molecule has 2 heterocycles. The van der Waals surface area contributed by atoms with Gasteiger partial charge in [0.05, 0.1) is 24.3 Å². The molecule has 2 unspecified atom stereocenters. The molecule has 2 aromatic carbocycles. The van der Waals surface area contributed by atoms with E-state index < -0.39 is 12.0 Å². The maximum atomic E-state index is 13.8. The van der Waals surface area contributed by atoms with Crippen molar-refractivity contribution in [2.75, 3.05) is 20.2 Å². The largest absolute Gasteiger partial charge is 0.497 e. The summed E-state index contributed by atoms with van der Waals surface area (Å²) in [5, 5.41) is 13.2. The fourth-order valence-corrected chi connectivity index (χ4v) is 4.46. The molecule has 0 radical (unpaired) electrons. The molecule has 1 fully saturated rings. The van der Waals surface area contributed by atoms with Crippen LogP contribution in [0.3, 0.4) is 0 Å². The van der Waals surface area contributed by atoms with Crippen molar-refractivity contribution >= 4 is 29.4 Å². The fourth-order valence-electron chi connectivity index (χ4n) is 4.46. The van der Waals surface area contributed by atoms with Gasteiger partial charge >= 0.3 is 5.97 Å². The van der Waals surface area contributed by atoms with Crippen molar-refractivity contribution in [1.29, 1.82) is 0 Å². The summed E-state index contributed by atoms with van der Waals surface area (Å²) < 4.78 is 20.7. The van der Waals surface area contributed by atoms with E-state index in [0.29, 0.717) is 54.9 Å². The number of rotatable bonds is 8. The Balaban J connectivity index is 0.00000342. The number of aliphatic carboxylic acids is 1. The zero-order chi connectivity index (χ0) is 24.2. The molecule has 0 spiro atoms. The number of nitrogens with one attached hydrogen (secondary N) is 1. The van der Waals surface area contributed by atoms with Gasteiger partial charge in [-0.2, -0.15) is 0 Å². The van der Waals surface area contributed by atoms with Crippen LogP contribution in [0.15, 0.2) is 47.4 Å². The number of piperidine rings is 1. The van der Waals surface area contributed by atoms with Gasteiger partial charge < -0.3 is 19.7 Å². The summed E-state index contributed by atoms with van der Waals surface area (Å²) in [7, 11) is 1.56. The minimum atomic E-state index is -0.888. The zero-order valence-corrected chi connectivity index (χ0v) is 20.6. The topological polar surface area (TPSA) is 96.7 Å². The Morgan fingerprint density at radius 3 is 2.77 bits per heavy atom. The van der Waals surface area contributed by atoms with E-state index in [4.69, 9.17) is 4.74 Å². The van der Waals surface area contributed by atoms with Crippen LogP contribution in [0.1, 0.15) is 24.0 Å². The van der Waals surface area contributed by atoms with Crippen LogP contribution in [0.25, 0.3) is 11.0 Å². The third kappa shape index (κ3) is 6.17. The van der Waals surface area contributed by atoms with E-state index in [-0.39, 0.29) is 29.8 Å². The normalized spacial score (nSPS) is 18.3. The lowest BCUT2D eigenvalue weighted by Gasteiger charge is -2.37. The van der Waals surface area contributed by atoms with Gasteiger partial charge in [-0.15, -0.1) is 12.4 Å². The monoisotopic (exact) mass is 504 g/mol. The van der Waals surface area contributed by atoms with E-state index in [0.717, 1.165) is 12.0 Å². The van der Waals surface area contributed by atoms with Crippen LogP contribution in [0, 0.1) is 12.7 Å². The molecule has 0 aliphatic carbocycles. The minimum Gasteiger partial charge on any atom is -0.497 e. The van der Waals surface area contributed by atoms with Crippen LogP contribution in [-0.2, 0) is 17.9 Å². The number of carbonyl (C=O) groups is 1. The number of likely N-dealkylation sites (tertiary alicyclic amines) is 1. The highest BCUT2D eigenvalue weighted by Gasteiger charge is 2.33. The van der Waals surface area contributed by atoms with Crippen molar-refractivity contribution in [2.45, 2.75) is 44.9 Å². The highest BCUT2D eigenvalue weighted by Crippen LogP contribution is 2.21. The molecule has 1 saturated heterocycles. The van der Waals surface area contributed by atoms with Crippen LogP contribution >= 0.6 is 12.4 Å². The second-order valence-electron chi connectivity index (χ2n) is 8.68. The van der Waals surface area contributed by atoms with Gasteiger partial charge in [-0.1, -0.05) is 12.1 Å². The number of halogens is 2. The molecule has 1 aromatic heterocycles. The van der Waals surface area contributed by atoms with E-state index in [2.05, 4.69) is 10.3 Å². The van der Waals surface area contributed by atoms with Crippen LogP contribution in [0.2, 0.25) is 0 Å². The first-order chi connectivity index (χ1) is 16.4. The van der Waals surface area contributed by atoms with E-state index in [1.54, 1.807) is 42.9 Å². The molecule has 0 amide bonds. The van der Waals surface area contributed by atoms with Gasteiger partial charge in [-0.3, -0.25) is 14.5 Å². The number of ether oxygens (including phenoxy) is 1. The summed E-state index contributed by atoms with van der Waals surface area (Å²) in [6.07, 6.45) is 2.48. The van der Waals surface area contributed by atoms with Gasteiger partial charge in [0.1, 0.15) is 17.6 Å². The zero-order valence-electron chi connectivity index (χ0n) is 19.7. The lowest BCUT2D eigenvalue weighted by Crippen LogP contribution is -2.52. The van der Waals surface area contributed by atoms with Crippen molar-refractivity contribution in [3.63, 3.8) is 0 Å². The Morgan fingerprint density at radius 1 is 1.26 bits per heavy atom. The number of hydrogen-bond acceptors (Lipinski definition) is 6. The molecular formula is C25H30ClFN4O4. The Kier molecular flexibility index (Phi) is 8.82. The molecule has 1 aliphatic heterocycles. The molecule has 188 valence electrons. The Hall–Kier alpha value is -3.01. The van der Waals surface area contributed by atoms with Gasteiger partial charge in [0.15, 0.2) is 0 Å². The van der Waals surface area contributed by atoms with Crippen molar-refractivity contribution in [3.05, 3.63) is 69.9 Å². The number of carboxylic acid groups (broad SMARTS) is 1. The van der Waals surface area contributed by atoms with Crippen molar-refractivity contribution < 1.29 is 19.0 Å².